The van der Waals surface area contributed by atoms with E-state index in [0.29, 0.717) is 24.6 Å². The normalized spacial score (nSPS) is 18.2. The highest BCUT2D eigenvalue weighted by atomic mass is 32.2. The van der Waals surface area contributed by atoms with Crippen LogP contribution in [0.15, 0.2) is 0 Å². The molecule has 1 saturated heterocycles. The number of nitrogens with zero attached hydrogens (tertiary/aromatic N) is 2. The average molecular weight is 290 g/mol. The van der Waals surface area contributed by atoms with Gasteiger partial charge in [-0.1, -0.05) is 6.92 Å². The Kier molecular flexibility index (Phi) is 5.94. The van der Waals surface area contributed by atoms with Crippen molar-refractivity contribution < 1.29 is 24.2 Å². The molecule has 0 saturated carbocycles. The summed E-state index contributed by atoms with van der Waals surface area (Å²) in [6.07, 6.45) is 0.682. The van der Waals surface area contributed by atoms with Gasteiger partial charge in [-0.3, -0.25) is 4.79 Å². The van der Waals surface area contributed by atoms with E-state index >= 15 is 0 Å². The molecule has 0 aliphatic carbocycles. The van der Waals surface area contributed by atoms with Crippen molar-refractivity contribution in [3.05, 3.63) is 0 Å². The van der Waals surface area contributed by atoms with E-state index in [2.05, 4.69) is 4.74 Å². The molecular weight excluding hydrogens is 272 g/mol. The Morgan fingerprint density at radius 2 is 2.16 bits per heavy atom. The molecule has 8 heteroatoms. The summed E-state index contributed by atoms with van der Waals surface area (Å²) in [5.74, 6) is -0.829. The summed E-state index contributed by atoms with van der Waals surface area (Å²) in [4.78, 5) is 37.2. The van der Waals surface area contributed by atoms with Gasteiger partial charge in [0.25, 0.3) is 0 Å². The fourth-order valence-corrected chi connectivity index (χ4v) is 2.89. The lowest BCUT2D eigenvalue weighted by molar-refractivity contribution is -0.141. The van der Waals surface area contributed by atoms with Gasteiger partial charge in [0.2, 0.25) is 0 Å². The summed E-state index contributed by atoms with van der Waals surface area (Å²) in [5, 5.41) is 9.05. The molecule has 1 N–H and O–H groups in total. The number of thioether (sulfide) groups is 1. The van der Waals surface area contributed by atoms with Gasteiger partial charge in [0, 0.05) is 12.3 Å². The maximum Gasteiger partial charge on any atom is 0.327 e. The highest BCUT2D eigenvalue weighted by Gasteiger charge is 2.37. The lowest BCUT2D eigenvalue weighted by Crippen LogP contribution is -2.50. The van der Waals surface area contributed by atoms with Gasteiger partial charge in [-0.05, 0) is 6.42 Å². The minimum absolute atomic E-state index is 0.156. The van der Waals surface area contributed by atoms with E-state index < -0.39 is 24.0 Å². The Morgan fingerprint density at radius 1 is 1.47 bits per heavy atom. The molecule has 19 heavy (non-hydrogen) atoms. The first kappa shape index (κ1) is 15.6. The number of methoxy groups -OCH3 is 1. The molecule has 1 aliphatic rings. The zero-order valence-electron chi connectivity index (χ0n) is 11.0. The molecule has 1 atom stereocenters. The Labute approximate surface area is 115 Å². The second kappa shape index (κ2) is 7.22. The maximum atomic E-state index is 12.3. The number of carboxylic acid groups (broad SMARTS) is 1. The standard InChI is InChI=1S/C11H18N2O5S/c1-3-4-12(5-9(14)18-2)11(17)13-7-19-6-8(13)10(15)16/h8H,3-7H2,1-2H3,(H,15,16)/t8-/m0/s1. The minimum Gasteiger partial charge on any atom is -0.480 e. The van der Waals surface area contributed by atoms with Gasteiger partial charge in [-0.25, -0.2) is 9.59 Å². The van der Waals surface area contributed by atoms with Crippen molar-refractivity contribution in [2.75, 3.05) is 31.8 Å². The van der Waals surface area contributed by atoms with Crippen molar-refractivity contribution in [3.63, 3.8) is 0 Å². The number of urea groups is 1. The van der Waals surface area contributed by atoms with Crippen LogP contribution in [-0.4, -0.2) is 70.7 Å². The van der Waals surface area contributed by atoms with Crippen LogP contribution in [0.2, 0.25) is 0 Å². The van der Waals surface area contributed by atoms with Gasteiger partial charge in [0.1, 0.15) is 12.6 Å². The third-order valence-electron chi connectivity index (χ3n) is 2.72. The van der Waals surface area contributed by atoms with E-state index in [0.717, 1.165) is 0 Å². The summed E-state index contributed by atoms with van der Waals surface area (Å²) in [5.41, 5.74) is 0. The van der Waals surface area contributed by atoms with Crippen molar-refractivity contribution in [2.24, 2.45) is 0 Å². The zero-order chi connectivity index (χ0) is 14.4. The Bertz CT molecular complexity index is 363. The predicted octanol–water partition coefficient (Wildman–Crippen LogP) is 0.451. The maximum absolute atomic E-state index is 12.3. The van der Waals surface area contributed by atoms with Crippen LogP contribution >= 0.6 is 11.8 Å². The van der Waals surface area contributed by atoms with E-state index in [1.165, 1.54) is 28.7 Å². The molecule has 1 aliphatic heterocycles. The highest BCUT2D eigenvalue weighted by molar-refractivity contribution is 7.99. The molecule has 0 unspecified atom stereocenters. The molecule has 0 aromatic heterocycles. The van der Waals surface area contributed by atoms with Gasteiger partial charge >= 0.3 is 18.0 Å². The average Bonchev–Trinajstić information content (AvgIpc) is 2.86. The van der Waals surface area contributed by atoms with Crippen molar-refractivity contribution in [1.29, 1.82) is 0 Å². The third-order valence-corrected chi connectivity index (χ3v) is 3.74. The van der Waals surface area contributed by atoms with Crippen LogP contribution in [-0.2, 0) is 14.3 Å². The van der Waals surface area contributed by atoms with Crippen LogP contribution in [0.25, 0.3) is 0 Å². The Morgan fingerprint density at radius 3 is 2.68 bits per heavy atom. The molecule has 1 fully saturated rings. The van der Waals surface area contributed by atoms with Gasteiger partial charge in [-0.15, -0.1) is 11.8 Å². The summed E-state index contributed by atoms with van der Waals surface area (Å²) in [7, 11) is 1.25. The summed E-state index contributed by atoms with van der Waals surface area (Å²) >= 11 is 1.39. The van der Waals surface area contributed by atoms with E-state index in [4.69, 9.17) is 5.11 Å². The number of rotatable bonds is 5. The van der Waals surface area contributed by atoms with E-state index in [1.807, 2.05) is 6.92 Å². The first-order valence-electron chi connectivity index (χ1n) is 5.94. The van der Waals surface area contributed by atoms with Gasteiger partial charge in [-0.2, -0.15) is 0 Å². The minimum atomic E-state index is -1.02. The smallest absolute Gasteiger partial charge is 0.327 e. The van der Waals surface area contributed by atoms with Crippen molar-refractivity contribution in [2.45, 2.75) is 19.4 Å². The van der Waals surface area contributed by atoms with Crippen LogP contribution < -0.4 is 0 Å². The SMILES string of the molecule is CCCN(CC(=O)OC)C(=O)N1CSC[C@H]1C(=O)O. The molecule has 2 amide bonds. The lowest BCUT2D eigenvalue weighted by atomic mass is 10.3. The molecule has 1 rings (SSSR count). The van der Waals surface area contributed by atoms with E-state index in [9.17, 15) is 14.4 Å². The quantitative estimate of drug-likeness (QED) is 0.740. The third kappa shape index (κ3) is 4.02. The van der Waals surface area contributed by atoms with E-state index in [-0.39, 0.29) is 6.54 Å². The number of esters is 1. The topological polar surface area (TPSA) is 87.2 Å². The molecule has 0 aromatic rings. The van der Waals surface area contributed by atoms with Crippen molar-refractivity contribution in [3.8, 4) is 0 Å². The number of amides is 2. The number of aliphatic carboxylic acids is 1. The fourth-order valence-electron chi connectivity index (χ4n) is 1.75. The fraction of sp³-hybridized carbons (Fsp3) is 0.727. The van der Waals surface area contributed by atoms with Gasteiger partial charge in [0.15, 0.2) is 0 Å². The molecule has 7 nitrogen and oxygen atoms in total. The number of carboxylic acids is 1. The van der Waals surface area contributed by atoms with Gasteiger partial charge < -0.3 is 19.6 Å². The van der Waals surface area contributed by atoms with Crippen LogP contribution in [0.1, 0.15) is 13.3 Å². The largest absolute Gasteiger partial charge is 0.480 e. The highest BCUT2D eigenvalue weighted by Crippen LogP contribution is 2.22. The number of hydrogen-bond donors (Lipinski definition) is 1. The molecular formula is C11H18N2O5S. The number of carbonyl (C=O) groups is 3. The molecule has 0 radical (unpaired) electrons. The zero-order valence-corrected chi connectivity index (χ0v) is 11.8. The van der Waals surface area contributed by atoms with E-state index in [1.54, 1.807) is 0 Å². The first-order valence-corrected chi connectivity index (χ1v) is 7.09. The molecule has 108 valence electrons. The van der Waals surface area contributed by atoms with Crippen molar-refractivity contribution >= 4 is 29.7 Å². The van der Waals surface area contributed by atoms with Gasteiger partial charge in [0.05, 0.1) is 13.0 Å². The van der Waals surface area contributed by atoms with Crippen LogP contribution in [0.5, 0.6) is 0 Å². The molecule has 0 spiro atoms. The van der Waals surface area contributed by atoms with Crippen LogP contribution in [0.3, 0.4) is 0 Å². The summed E-state index contributed by atoms with van der Waals surface area (Å²) in [6, 6.07) is -1.25. The van der Waals surface area contributed by atoms with Crippen LogP contribution in [0, 0.1) is 0 Å². The summed E-state index contributed by atoms with van der Waals surface area (Å²) < 4.78 is 4.54. The first-order chi connectivity index (χ1) is 9.01. The Balaban J connectivity index is 2.75. The molecule has 0 aromatic carbocycles. The lowest BCUT2D eigenvalue weighted by Gasteiger charge is -2.28. The second-order valence-corrected chi connectivity index (χ2v) is 5.10. The second-order valence-electron chi connectivity index (χ2n) is 4.10. The van der Waals surface area contributed by atoms with Crippen molar-refractivity contribution in [1.82, 2.24) is 9.80 Å². The number of carbonyl (C=O) groups excluding carboxylic acids is 2. The molecule has 1 heterocycles. The van der Waals surface area contributed by atoms with Crippen LogP contribution in [0.4, 0.5) is 4.79 Å². The monoisotopic (exact) mass is 290 g/mol. The predicted molar refractivity (Wildman–Crippen MR) is 69.9 cm³/mol. The summed E-state index contributed by atoms with van der Waals surface area (Å²) in [6.45, 7) is 2.11. The number of hydrogen-bond acceptors (Lipinski definition) is 5. The number of ether oxygens (including phenoxy) is 1. The Hall–Kier alpha value is -1.44. The molecule has 0 bridgehead atoms.